The minimum absolute atomic E-state index is 0.000880. The van der Waals surface area contributed by atoms with Crippen LogP contribution in [0.2, 0.25) is 0 Å². The van der Waals surface area contributed by atoms with Crippen molar-refractivity contribution < 1.29 is 28.2 Å². The Bertz CT molecular complexity index is 601. The van der Waals surface area contributed by atoms with Crippen LogP contribution in [-0.4, -0.2) is 38.7 Å². The fourth-order valence-corrected chi connectivity index (χ4v) is 2.02. The number of hydrogen-bond acceptors (Lipinski definition) is 4. The molecule has 1 unspecified atom stereocenters. The van der Waals surface area contributed by atoms with Crippen LogP contribution < -0.4 is 0 Å². The Hall–Kier alpha value is -2.09. The van der Waals surface area contributed by atoms with E-state index in [4.69, 9.17) is 0 Å². The first-order chi connectivity index (χ1) is 9.70. The van der Waals surface area contributed by atoms with E-state index in [1.54, 1.807) is 6.92 Å². The zero-order valence-corrected chi connectivity index (χ0v) is 11.1. The van der Waals surface area contributed by atoms with E-state index in [0.29, 0.717) is 0 Å². The molecule has 21 heavy (non-hydrogen) atoms. The highest BCUT2D eigenvalue weighted by atomic mass is 19.4. The van der Waals surface area contributed by atoms with Gasteiger partial charge in [-0.15, -0.1) is 0 Å². The number of nitrogens with zero attached hydrogens (tertiary/aromatic N) is 2. The van der Waals surface area contributed by atoms with Crippen molar-refractivity contribution in [2.45, 2.75) is 31.7 Å². The fraction of sp³-hybridized carbons (Fsp3) is 0.385. The topological polar surface area (TPSA) is 73.1 Å². The van der Waals surface area contributed by atoms with Crippen molar-refractivity contribution in [1.29, 1.82) is 0 Å². The molecule has 0 spiro atoms. The van der Waals surface area contributed by atoms with Gasteiger partial charge in [-0.1, -0.05) is 19.1 Å². The third-order valence-corrected chi connectivity index (χ3v) is 3.23. The van der Waals surface area contributed by atoms with Gasteiger partial charge in [-0.3, -0.25) is 4.79 Å². The zero-order chi connectivity index (χ0) is 15.8. The summed E-state index contributed by atoms with van der Waals surface area (Å²) in [7, 11) is 0. The number of hydrogen-bond donors (Lipinski definition) is 2. The van der Waals surface area contributed by atoms with Crippen molar-refractivity contribution in [1.82, 2.24) is 5.01 Å². The van der Waals surface area contributed by atoms with Crippen molar-refractivity contribution in [3.8, 4) is 5.75 Å². The quantitative estimate of drug-likeness (QED) is 0.880. The van der Waals surface area contributed by atoms with Gasteiger partial charge >= 0.3 is 6.18 Å². The van der Waals surface area contributed by atoms with Crippen molar-refractivity contribution in [2.75, 3.05) is 0 Å². The smallest absolute Gasteiger partial charge is 0.438 e. The first kappa shape index (κ1) is 15.3. The minimum atomic E-state index is -5.06. The summed E-state index contributed by atoms with van der Waals surface area (Å²) in [6, 6.07) is 5.14. The summed E-state index contributed by atoms with van der Waals surface area (Å²) in [5.41, 5.74) is -3.70. The van der Waals surface area contributed by atoms with E-state index >= 15 is 0 Å². The highest BCUT2D eigenvalue weighted by Gasteiger charge is 2.63. The third-order valence-electron chi connectivity index (χ3n) is 3.23. The summed E-state index contributed by atoms with van der Waals surface area (Å²) >= 11 is 0. The molecule has 2 rings (SSSR count). The maximum Gasteiger partial charge on any atom is 0.438 e. The number of carbonyl (C=O) groups is 1. The summed E-state index contributed by atoms with van der Waals surface area (Å²) in [5, 5.41) is 23.0. The molecule has 0 bridgehead atoms. The Morgan fingerprint density at radius 2 is 2.05 bits per heavy atom. The van der Waals surface area contributed by atoms with E-state index in [1.165, 1.54) is 18.2 Å². The molecule has 0 saturated carbocycles. The maximum atomic E-state index is 13.1. The number of para-hydroxylation sites is 1. The Balaban J connectivity index is 2.46. The maximum absolute atomic E-state index is 13.1. The summed E-state index contributed by atoms with van der Waals surface area (Å²) in [5.74, 6) is -1.69. The summed E-state index contributed by atoms with van der Waals surface area (Å²) in [6.45, 7) is 1.57. The minimum Gasteiger partial charge on any atom is -0.507 e. The monoisotopic (exact) mass is 302 g/mol. The highest BCUT2D eigenvalue weighted by molar-refractivity contribution is 6.00. The number of amides is 1. The van der Waals surface area contributed by atoms with E-state index in [0.717, 1.165) is 6.07 Å². The van der Waals surface area contributed by atoms with Crippen LogP contribution in [0.15, 0.2) is 29.4 Å². The van der Waals surface area contributed by atoms with E-state index in [-0.39, 0.29) is 22.7 Å². The van der Waals surface area contributed by atoms with Crippen LogP contribution in [0, 0.1) is 0 Å². The lowest BCUT2D eigenvalue weighted by Crippen LogP contribution is -2.56. The SMILES string of the molecule is CCC1=NN(C(=O)c2ccccc2O)C(O)(C(F)(F)F)C1. The number of aliphatic hydroxyl groups is 1. The first-order valence-corrected chi connectivity index (χ1v) is 6.18. The molecule has 8 heteroatoms. The van der Waals surface area contributed by atoms with Crippen molar-refractivity contribution in [3.63, 3.8) is 0 Å². The molecule has 114 valence electrons. The molecule has 2 N–H and O–H groups in total. The molecule has 0 fully saturated rings. The van der Waals surface area contributed by atoms with Gasteiger partial charge in [0.25, 0.3) is 11.6 Å². The number of aromatic hydroxyl groups is 1. The van der Waals surface area contributed by atoms with Crippen LogP contribution in [0.3, 0.4) is 0 Å². The van der Waals surface area contributed by atoms with Crippen molar-refractivity contribution in [3.05, 3.63) is 29.8 Å². The number of phenolic OH excluding ortho intramolecular Hbond substituents is 1. The average Bonchev–Trinajstić information content (AvgIpc) is 2.77. The summed E-state index contributed by atoms with van der Waals surface area (Å²) in [6.07, 6.45) is -5.69. The molecular weight excluding hydrogens is 289 g/mol. The zero-order valence-electron chi connectivity index (χ0n) is 11.1. The molecule has 0 saturated heterocycles. The van der Waals surface area contributed by atoms with Gasteiger partial charge in [-0.25, -0.2) is 0 Å². The van der Waals surface area contributed by atoms with Crippen LogP contribution in [0.5, 0.6) is 5.75 Å². The molecule has 1 aliphatic heterocycles. The second-order valence-electron chi connectivity index (χ2n) is 4.65. The van der Waals surface area contributed by atoms with E-state index in [2.05, 4.69) is 5.10 Å². The highest BCUT2D eigenvalue weighted by Crippen LogP contribution is 2.41. The van der Waals surface area contributed by atoms with Gasteiger partial charge in [-0.2, -0.15) is 23.3 Å². The van der Waals surface area contributed by atoms with E-state index in [1.807, 2.05) is 0 Å². The molecule has 0 radical (unpaired) electrons. The number of halogens is 3. The molecule has 1 aromatic rings. The van der Waals surface area contributed by atoms with Crippen LogP contribution in [-0.2, 0) is 0 Å². The first-order valence-electron chi connectivity index (χ1n) is 6.18. The number of benzene rings is 1. The lowest BCUT2D eigenvalue weighted by atomic mass is 10.0. The summed E-state index contributed by atoms with van der Waals surface area (Å²) < 4.78 is 39.3. The standard InChI is InChI=1S/C13H13F3N2O3/c1-2-8-7-12(21,13(14,15)16)18(17-8)11(20)9-5-3-4-6-10(9)19/h3-6,19,21H,2,7H2,1H3. The van der Waals surface area contributed by atoms with Gasteiger partial charge in [0.15, 0.2) is 0 Å². The number of rotatable bonds is 2. The Labute approximate surface area is 118 Å². The molecule has 1 aromatic carbocycles. The van der Waals surface area contributed by atoms with Gasteiger partial charge in [-0.05, 0) is 18.6 Å². The predicted molar refractivity (Wildman–Crippen MR) is 67.6 cm³/mol. The number of phenols is 1. The fourth-order valence-electron chi connectivity index (χ4n) is 2.02. The predicted octanol–water partition coefficient (Wildman–Crippen LogP) is 2.26. The molecule has 1 atom stereocenters. The van der Waals surface area contributed by atoms with Crippen LogP contribution in [0.25, 0.3) is 0 Å². The molecule has 0 aromatic heterocycles. The molecule has 1 amide bonds. The van der Waals surface area contributed by atoms with Gasteiger partial charge in [0, 0.05) is 12.1 Å². The average molecular weight is 302 g/mol. The van der Waals surface area contributed by atoms with Gasteiger partial charge in [0.2, 0.25) is 0 Å². The van der Waals surface area contributed by atoms with Crippen molar-refractivity contribution in [2.24, 2.45) is 5.10 Å². The molecular formula is C13H13F3N2O3. The second-order valence-corrected chi connectivity index (χ2v) is 4.65. The van der Waals surface area contributed by atoms with Gasteiger partial charge in [0.1, 0.15) is 5.75 Å². The lowest BCUT2D eigenvalue weighted by molar-refractivity contribution is -0.297. The van der Waals surface area contributed by atoms with Crippen LogP contribution in [0.4, 0.5) is 13.2 Å². The third kappa shape index (κ3) is 2.46. The summed E-state index contributed by atoms with van der Waals surface area (Å²) in [4.78, 5) is 12.2. The Kier molecular flexibility index (Phi) is 3.66. The molecule has 1 aliphatic rings. The van der Waals surface area contributed by atoms with Gasteiger partial charge < -0.3 is 10.2 Å². The van der Waals surface area contributed by atoms with E-state index in [9.17, 15) is 28.2 Å². The van der Waals surface area contributed by atoms with Crippen LogP contribution in [0.1, 0.15) is 30.1 Å². The number of hydrazone groups is 1. The number of alkyl halides is 3. The molecule has 5 nitrogen and oxygen atoms in total. The Morgan fingerprint density at radius 1 is 1.43 bits per heavy atom. The Morgan fingerprint density at radius 3 is 2.57 bits per heavy atom. The number of carbonyl (C=O) groups excluding carboxylic acids is 1. The molecule has 0 aliphatic carbocycles. The van der Waals surface area contributed by atoms with E-state index < -0.39 is 30.0 Å². The van der Waals surface area contributed by atoms with Crippen LogP contribution >= 0.6 is 0 Å². The lowest BCUT2D eigenvalue weighted by Gasteiger charge is -2.32. The van der Waals surface area contributed by atoms with Crippen molar-refractivity contribution >= 4 is 11.6 Å². The largest absolute Gasteiger partial charge is 0.507 e. The normalized spacial score (nSPS) is 22.3. The second kappa shape index (κ2) is 5.03. The molecule has 1 heterocycles. The van der Waals surface area contributed by atoms with Gasteiger partial charge in [0.05, 0.1) is 5.56 Å².